The second-order valence-corrected chi connectivity index (χ2v) is 7.79. The summed E-state index contributed by atoms with van der Waals surface area (Å²) in [7, 11) is 0. The Labute approximate surface area is 180 Å². The number of anilines is 1. The van der Waals surface area contributed by atoms with Crippen molar-refractivity contribution in [3.8, 4) is 11.4 Å². The van der Waals surface area contributed by atoms with E-state index in [-0.39, 0.29) is 17.5 Å². The van der Waals surface area contributed by atoms with Crippen LogP contribution in [0.1, 0.15) is 25.3 Å². The average Bonchev–Trinajstić information content (AvgIpc) is 3.15. The van der Waals surface area contributed by atoms with Crippen LogP contribution in [0.25, 0.3) is 11.4 Å². The Balaban J connectivity index is 1.62. The van der Waals surface area contributed by atoms with E-state index in [0.717, 1.165) is 30.5 Å². The van der Waals surface area contributed by atoms with E-state index >= 15 is 0 Å². The number of carbonyl (C=O) groups is 1. The standard InChI is InChI=1S/C23H25FN4OS/c1-3-5-6-17-7-13-20(14-8-17)25-21(29)16-30-23-27-26-22(28(23)15-4-2)18-9-11-19(24)12-10-18/h4,7-14H,2-3,5-6,15-16H2,1H3,(H,25,29). The molecule has 156 valence electrons. The second kappa shape index (κ2) is 10.7. The smallest absolute Gasteiger partial charge is 0.234 e. The number of hydrogen-bond acceptors (Lipinski definition) is 4. The molecule has 0 atom stereocenters. The number of aromatic nitrogens is 3. The molecule has 0 radical (unpaired) electrons. The highest BCUT2D eigenvalue weighted by atomic mass is 32.2. The zero-order valence-corrected chi connectivity index (χ0v) is 17.8. The van der Waals surface area contributed by atoms with Crippen LogP contribution >= 0.6 is 11.8 Å². The van der Waals surface area contributed by atoms with Crippen molar-refractivity contribution in [2.45, 2.75) is 37.9 Å². The molecule has 3 aromatic rings. The first-order valence-corrected chi connectivity index (χ1v) is 10.9. The zero-order chi connectivity index (χ0) is 21.3. The summed E-state index contributed by atoms with van der Waals surface area (Å²) >= 11 is 1.30. The highest BCUT2D eigenvalue weighted by Crippen LogP contribution is 2.24. The van der Waals surface area contributed by atoms with Gasteiger partial charge < -0.3 is 5.32 Å². The first-order valence-electron chi connectivity index (χ1n) is 9.92. The number of halogens is 1. The lowest BCUT2D eigenvalue weighted by Gasteiger charge is -2.09. The van der Waals surface area contributed by atoms with E-state index in [9.17, 15) is 9.18 Å². The van der Waals surface area contributed by atoms with Crippen LogP contribution in [0.3, 0.4) is 0 Å². The van der Waals surface area contributed by atoms with E-state index in [2.05, 4.69) is 29.0 Å². The Bertz CT molecular complexity index is 983. The fourth-order valence-corrected chi connectivity index (χ4v) is 3.71. The number of aryl methyl sites for hydroxylation is 1. The minimum Gasteiger partial charge on any atom is -0.325 e. The van der Waals surface area contributed by atoms with Crippen LogP contribution in [0.15, 0.2) is 66.3 Å². The van der Waals surface area contributed by atoms with E-state index in [0.29, 0.717) is 17.5 Å². The minimum atomic E-state index is -0.307. The summed E-state index contributed by atoms with van der Waals surface area (Å²) in [5.74, 6) is 0.396. The van der Waals surface area contributed by atoms with Crippen LogP contribution in [0.2, 0.25) is 0 Å². The first-order chi connectivity index (χ1) is 14.6. The van der Waals surface area contributed by atoms with Gasteiger partial charge in [0.15, 0.2) is 11.0 Å². The lowest BCUT2D eigenvalue weighted by Crippen LogP contribution is -2.14. The summed E-state index contributed by atoms with van der Waals surface area (Å²) in [6, 6.07) is 14.0. The number of nitrogens with one attached hydrogen (secondary N) is 1. The molecule has 0 unspecified atom stereocenters. The maximum absolute atomic E-state index is 13.2. The van der Waals surface area contributed by atoms with Gasteiger partial charge in [0.2, 0.25) is 5.91 Å². The number of hydrogen-bond donors (Lipinski definition) is 1. The van der Waals surface area contributed by atoms with Gasteiger partial charge in [-0.05, 0) is 54.8 Å². The molecule has 0 bridgehead atoms. The topological polar surface area (TPSA) is 59.8 Å². The van der Waals surface area contributed by atoms with E-state index < -0.39 is 0 Å². The predicted octanol–water partition coefficient (Wildman–Crippen LogP) is 5.34. The van der Waals surface area contributed by atoms with E-state index in [4.69, 9.17) is 0 Å². The quantitative estimate of drug-likeness (QED) is 0.352. The summed E-state index contributed by atoms with van der Waals surface area (Å²) in [5, 5.41) is 12.0. The van der Waals surface area contributed by atoms with E-state index in [1.54, 1.807) is 18.2 Å². The van der Waals surface area contributed by atoms with Gasteiger partial charge in [0, 0.05) is 17.8 Å². The molecule has 1 amide bonds. The van der Waals surface area contributed by atoms with Crippen LogP contribution in [0, 0.1) is 5.82 Å². The molecule has 1 aromatic heterocycles. The normalized spacial score (nSPS) is 10.7. The number of nitrogens with zero attached hydrogens (tertiary/aromatic N) is 3. The highest BCUT2D eigenvalue weighted by Gasteiger charge is 2.15. The number of unbranched alkanes of at least 4 members (excludes halogenated alkanes) is 1. The van der Waals surface area contributed by atoms with Crippen molar-refractivity contribution in [1.29, 1.82) is 0 Å². The largest absolute Gasteiger partial charge is 0.325 e. The Kier molecular flexibility index (Phi) is 7.79. The first kappa shape index (κ1) is 21.8. The summed E-state index contributed by atoms with van der Waals surface area (Å²) < 4.78 is 15.1. The molecule has 0 fully saturated rings. The van der Waals surface area contributed by atoms with E-state index in [1.165, 1.54) is 29.5 Å². The molecule has 1 heterocycles. The lowest BCUT2D eigenvalue weighted by molar-refractivity contribution is -0.113. The van der Waals surface area contributed by atoms with E-state index in [1.807, 2.05) is 28.8 Å². The zero-order valence-electron chi connectivity index (χ0n) is 17.0. The van der Waals surface area contributed by atoms with Crippen molar-refractivity contribution < 1.29 is 9.18 Å². The number of benzene rings is 2. The monoisotopic (exact) mass is 424 g/mol. The molecule has 0 saturated carbocycles. The number of allylic oxidation sites excluding steroid dienone is 1. The third-order valence-corrected chi connectivity index (χ3v) is 5.49. The second-order valence-electron chi connectivity index (χ2n) is 6.85. The molecule has 1 N–H and O–H groups in total. The molecule has 3 rings (SSSR count). The van der Waals surface area contributed by atoms with Gasteiger partial charge in [-0.25, -0.2) is 4.39 Å². The number of amides is 1. The molecule has 7 heteroatoms. The molecule has 0 aliphatic heterocycles. The fraction of sp³-hybridized carbons (Fsp3) is 0.261. The molecule has 0 saturated heterocycles. The Morgan fingerprint density at radius 3 is 2.57 bits per heavy atom. The third-order valence-electron chi connectivity index (χ3n) is 4.52. The van der Waals surface area contributed by atoms with Gasteiger partial charge in [-0.3, -0.25) is 9.36 Å². The summed E-state index contributed by atoms with van der Waals surface area (Å²) in [4.78, 5) is 12.4. The van der Waals surface area contributed by atoms with Crippen LogP contribution in [0.4, 0.5) is 10.1 Å². The molecular weight excluding hydrogens is 399 g/mol. The molecule has 2 aromatic carbocycles. The van der Waals surface area contributed by atoms with Gasteiger partial charge in [-0.2, -0.15) is 0 Å². The predicted molar refractivity (Wildman–Crippen MR) is 120 cm³/mol. The van der Waals surface area contributed by atoms with Gasteiger partial charge >= 0.3 is 0 Å². The summed E-state index contributed by atoms with van der Waals surface area (Å²) in [5.41, 5.74) is 2.81. The molecule has 30 heavy (non-hydrogen) atoms. The molecule has 0 spiro atoms. The van der Waals surface area contributed by atoms with Gasteiger partial charge in [0.05, 0.1) is 5.75 Å². The Morgan fingerprint density at radius 2 is 1.90 bits per heavy atom. The summed E-state index contributed by atoms with van der Waals surface area (Å²) in [6.07, 6.45) is 5.11. The van der Waals surface area contributed by atoms with Crippen molar-refractivity contribution in [1.82, 2.24) is 14.8 Å². The fourth-order valence-electron chi connectivity index (χ4n) is 2.96. The van der Waals surface area contributed by atoms with Crippen LogP contribution in [-0.4, -0.2) is 26.4 Å². The van der Waals surface area contributed by atoms with Crippen LogP contribution in [0.5, 0.6) is 0 Å². The third kappa shape index (κ3) is 5.79. The van der Waals surface area contributed by atoms with Gasteiger partial charge in [0.25, 0.3) is 0 Å². The molecule has 5 nitrogen and oxygen atoms in total. The van der Waals surface area contributed by atoms with Gasteiger partial charge in [-0.15, -0.1) is 16.8 Å². The minimum absolute atomic E-state index is 0.113. The van der Waals surface area contributed by atoms with Crippen molar-refractivity contribution in [3.63, 3.8) is 0 Å². The summed E-state index contributed by atoms with van der Waals surface area (Å²) in [6.45, 7) is 6.44. The van der Waals surface area contributed by atoms with Crippen molar-refractivity contribution in [2.24, 2.45) is 0 Å². The van der Waals surface area contributed by atoms with Crippen molar-refractivity contribution in [3.05, 3.63) is 72.6 Å². The van der Waals surface area contributed by atoms with Crippen LogP contribution in [-0.2, 0) is 17.8 Å². The number of thioether (sulfide) groups is 1. The number of rotatable bonds is 10. The maximum Gasteiger partial charge on any atom is 0.234 e. The Morgan fingerprint density at radius 1 is 1.17 bits per heavy atom. The van der Waals surface area contributed by atoms with Crippen molar-refractivity contribution in [2.75, 3.05) is 11.1 Å². The number of carbonyl (C=O) groups excluding carboxylic acids is 1. The average molecular weight is 425 g/mol. The molecular formula is C23H25FN4OS. The molecule has 0 aliphatic carbocycles. The highest BCUT2D eigenvalue weighted by molar-refractivity contribution is 7.99. The van der Waals surface area contributed by atoms with Gasteiger partial charge in [-0.1, -0.05) is 43.3 Å². The SMILES string of the molecule is C=CCn1c(SCC(=O)Nc2ccc(CCCC)cc2)nnc1-c1ccc(F)cc1. The molecule has 0 aliphatic rings. The van der Waals surface area contributed by atoms with Crippen molar-refractivity contribution >= 4 is 23.4 Å². The van der Waals surface area contributed by atoms with Gasteiger partial charge in [0.1, 0.15) is 5.82 Å². The Hall–Kier alpha value is -2.93. The van der Waals surface area contributed by atoms with Crippen LogP contribution < -0.4 is 5.32 Å². The lowest BCUT2D eigenvalue weighted by atomic mass is 10.1. The maximum atomic E-state index is 13.2.